The number of hydrogen-bond donors (Lipinski definition) is 2. The second kappa shape index (κ2) is 10.6. The van der Waals surface area contributed by atoms with Crippen LogP contribution in [-0.4, -0.2) is 20.1 Å². The Bertz CT molecular complexity index is 1010. The zero-order chi connectivity index (χ0) is 17.9. The number of halogens is 3. The highest BCUT2D eigenvalue weighted by Crippen LogP contribution is 2.32. The Balaban J connectivity index is 0.00000140. The number of aromatic hydroxyl groups is 1. The van der Waals surface area contributed by atoms with Gasteiger partial charge >= 0.3 is 0 Å². The molecule has 1 aromatic carbocycles. The van der Waals surface area contributed by atoms with Crippen molar-refractivity contribution in [2.24, 2.45) is 0 Å². The Kier molecular flexibility index (Phi) is 8.85. The molecule has 0 aliphatic heterocycles. The fourth-order valence-corrected chi connectivity index (χ4v) is 2.72. The minimum atomic E-state index is 0. The average molecular weight is 450 g/mol. The topological polar surface area (TPSA) is 84.9 Å². The summed E-state index contributed by atoms with van der Waals surface area (Å²) >= 11 is 0. The van der Waals surface area contributed by atoms with Crippen LogP contribution in [0.25, 0.3) is 33.9 Å². The number of nitrogens with two attached hydrogens (primary N) is 1. The molecule has 0 unspecified atom stereocenters. The number of anilines is 1. The van der Waals surface area contributed by atoms with Crippen LogP contribution < -0.4 is 5.73 Å². The first-order valence-electron chi connectivity index (χ1n) is 8.14. The van der Waals surface area contributed by atoms with Crippen molar-refractivity contribution in [1.82, 2.24) is 15.0 Å². The molecule has 5 nitrogen and oxygen atoms in total. The van der Waals surface area contributed by atoms with Crippen LogP contribution in [0.5, 0.6) is 5.75 Å². The van der Waals surface area contributed by atoms with Crippen molar-refractivity contribution in [2.45, 2.75) is 0 Å². The van der Waals surface area contributed by atoms with E-state index in [-0.39, 0.29) is 43.0 Å². The molecule has 0 radical (unpaired) electrons. The van der Waals surface area contributed by atoms with E-state index in [1.807, 2.05) is 54.6 Å². The number of nitrogens with zero attached hydrogens (tertiary/aromatic N) is 3. The van der Waals surface area contributed by atoms with E-state index in [1.54, 1.807) is 24.5 Å². The highest BCUT2D eigenvalue weighted by Gasteiger charge is 2.11. The van der Waals surface area contributed by atoms with E-state index in [4.69, 9.17) is 10.7 Å². The zero-order valence-electron chi connectivity index (χ0n) is 15.1. The van der Waals surface area contributed by atoms with Crippen molar-refractivity contribution in [2.75, 3.05) is 5.73 Å². The molecular formula is C21H19Cl3N4O. The molecule has 4 rings (SSSR count). The van der Waals surface area contributed by atoms with Gasteiger partial charge in [0.15, 0.2) is 0 Å². The summed E-state index contributed by atoms with van der Waals surface area (Å²) in [5.41, 5.74) is 11.1. The molecule has 3 heterocycles. The first-order valence-corrected chi connectivity index (χ1v) is 8.14. The number of rotatable bonds is 3. The van der Waals surface area contributed by atoms with E-state index in [9.17, 15) is 5.11 Å². The van der Waals surface area contributed by atoms with Crippen LogP contribution in [0.3, 0.4) is 0 Å². The molecule has 0 saturated heterocycles. The lowest BCUT2D eigenvalue weighted by molar-refractivity contribution is 0.478. The van der Waals surface area contributed by atoms with Gasteiger partial charge in [-0.15, -0.1) is 37.2 Å². The number of nitrogen functional groups attached to an aromatic ring is 1. The van der Waals surface area contributed by atoms with Crippen molar-refractivity contribution >= 4 is 42.9 Å². The van der Waals surface area contributed by atoms with E-state index >= 15 is 0 Å². The molecule has 0 aliphatic rings. The zero-order valence-corrected chi connectivity index (χ0v) is 17.5. The van der Waals surface area contributed by atoms with Gasteiger partial charge in [-0.3, -0.25) is 9.97 Å². The summed E-state index contributed by atoms with van der Waals surface area (Å²) in [6, 6.07) is 20.5. The van der Waals surface area contributed by atoms with Crippen molar-refractivity contribution in [3.63, 3.8) is 0 Å². The molecule has 0 atom stereocenters. The lowest BCUT2D eigenvalue weighted by atomic mass is 10.0. The van der Waals surface area contributed by atoms with Crippen molar-refractivity contribution in [3.05, 3.63) is 79.1 Å². The first kappa shape index (κ1) is 24.2. The summed E-state index contributed by atoms with van der Waals surface area (Å²) in [7, 11) is 0. The predicted molar refractivity (Wildman–Crippen MR) is 124 cm³/mol. The van der Waals surface area contributed by atoms with Gasteiger partial charge < -0.3 is 10.8 Å². The Morgan fingerprint density at radius 2 is 1.17 bits per heavy atom. The van der Waals surface area contributed by atoms with Crippen LogP contribution in [0.4, 0.5) is 5.69 Å². The summed E-state index contributed by atoms with van der Waals surface area (Å²) in [4.78, 5) is 13.5. The third kappa shape index (κ3) is 5.35. The summed E-state index contributed by atoms with van der Waals surface area (Å²) in [5.74, 6) is 0.0673. The van der Waals surface area contributed by atoms with Crippen molar-refractivity contribution < 1.29 is 5.11 Å². The molecule has 8 heteroatoms. The Hall–Kier alpha value is -2.86. The highest BCUT2D eigenvalue weighted by atomic mass is 35.5. The van der Waals surface area contributed by atoms with E-state index in [0.29, 0.717) is 5.69 Å². The van der Waals surface area contributed by atoms with Crippen molar-refractivity contribution in [3.8, 4) is 39.7 Å². The molecular weight excluding hydrogens is 431 g/mol. The predicted octanol–water partition coefficient (Wildman–Crippen LogP) is 5.43. The smallest absolute Gasteiger partial charge is 0.138 e. The quantitative estimate of drug-likeness (QED) is 0.322. The number of benzene rings is 1. The maximum absolute atomic E-state index is 9.70. The molecule has 3 N–H and O–H groups in total. The summed E-state index contributed by atoms with van der Waals surface area (Å²) in [6.45, 7) is 0. The summed E-state index contributed by atoms with van der Waals surface area (Å²) < 4.78 is 0. The number of pyridine rings is 3. The lowest BCUT2D eigenvalue weighted by Gasteiger charge is -2.10. The largest absolute Gasteiger partial charge is 0.506 e. The number of aromatic nitrogens is 3. The van der Waals surface area contributed by atoms with Crippen LogP contribution in [0, 0.1) is 0 Å². The third-order valence-corrected chi connectivity index (χ3v) is 4.04. The fourth-order valence-electron chi connectivity index (χ4n) is 2.72. The van der Waals surface area contributed by atoms with E-state index in [0.717, 1.165) is 33.9 Å². The van der Waals surface area contributed by atoms with Crippen LogP contribution in [0.15, 0.2) is 79.1 Å². The second-order valence-electron chi connectivity index (χ2n) is 5.83. The third-order valence-electron chi connectivity index (χ3n) is 4.04. The van der Waals surface area contributed by atoms with Gasteiger partial charge in [-0.2, -0.15) is 0 Å². The lowest BCUT2D eigenvalue weighted by Crippen LogP contribution is -1.94. The van der Waals surface area contributed by atoms with Crippen molar-refractivity contribution in [1.29, 1.82) is 0 Å². The first-order chi connectivity index (χ1) is 12.7. The SMILES string of the molecule is Cl.Cl.Cl.Nc1cc(-c2cc(-c3ccccn3)nc(-c3ccccn3)c2)ccc1O. The Labute approximate surface area is 187 Å². The van der Waals surface area contributed by atoms with Gasteiger partial charge in [-0.05, 0) is 59.7 Å². The molecule has 150 valence electrons. The van der Waals surface area contributed by atoms with Crippen LogP contribution in [-0.2, 0) is 0 Å². The van der Waals surface area contributed by atoms with Gasteiger partial charge in [-0.1, -0.05) is 18.2 Å². The van der Waals surface area contributed by atoms with Crippen LogP contribution in [0.1, 0.15) is 0 Å². The minimum Gasteiger partial charge on any atom is -0.506 e. The van der Waals surface area contributed by atoms with Gasteiger partial charge in [0, 0.05) is 12.4 Å². The van der Waals surface area contributed by atoms with E-state index in [1.165, 1.54) is 0 Å². The molecule has 0 aliphatic carbocycles. The number of phenols is 1. The van der Waals surface area contributed by atoms with Crippen LogP contribution >= 0.6 is 37.2 Å². The van der Waals surface area contributed by atoms with E-state index in [2.05, 4.69) is 9.97 Å². The molecule has 0 bridgehead atoms. The molecule has 4 aromatic rings. The fraction of sp³-hybridized carbons (Fsp3) is 0. The Morgan fingerprint density at radius 1 is 0.621 bits per heavy atom. The van der Waals surface area contributed by atoms with E-state index < -0.39 is 0 Å². The maximum atomic E-state index is 9.70. The molecule has 29 heavy (non-hydrogen) atoms. The molecule has 0 fully saturated rings. The second-order valence-corrected chi connectivity index (χ2v) is 5.83. The van der Waals surface area contributed by atoms with Gasteiger partial charge in [-0.25, -0.2) is 4.98 Å². The normalized spacial score (nSPS) is 9.52. The number of phenolic OH excluding ortho intramolecular Hbond substituents is 1. The molecule has 0 spiro atoms. The molecule has 0 amide bonds. The maximum Gasteiger partial charge on any atom is 0.138 e. The standard InChI is InChI=1S/C21H16N4O.3ClH/c22-16-11-14(7-8-21(16)26)15-12-19(17-5-1-3-9-23-17)25-20(13-15)18-6-2-4-10-24-18;;;/h1-13,26H,22H2;3*1H. The van der Waals surface area contributed by atoms with Gasteiger partial charge in [0.1, 0.15) is 5.75 Å². The molecule has 3 aromatic heterocycles. The number of hydrogen-bond acceptors (Lipinski definition) is 5. The summed E-state index contributed by atoms with van der Waals surface area (Å²) in [5, 5.41) is 9.70. The van der Waals surface area contributed by atoms with Gasteiger partial charge in [0.25, 0.3) is 0 Å². The average Bonchev–Trinajstić information content (AvgIpc) is 2.71. The molecule has 0 saturated carbocycles. The monoisotopic (exact) mass is 448 g/mol. The summed E-state index contributed by atoms with van der Waals surface area (Å²) in [6.07, 6.45) is 3.48. The van der Waals surface area contributed by atoms with Gasteiger partial charge in [0.05, 0.1) is 28.5 Å². The Morgan fingerprint density at radius 3 is 1.62 bits per heavy atom. The van der Waals surface area contributed by atoms with Gasteiger partial charge in [0.2, 0.25) is 0 Å². The minimum absolute atomic E-state index is 0. The van der Waals surface area contributed by atoms with Crippen LogP contribution in [0.2, 0.25) is 0 Å². The highest BCUT2D eigenvalue weighted by molar-refractivity contribution is 5.86.